The molecule has 104 valence electrons. The molecule has 0 atom stereocenters. The van der Waals surface area contributed by atoms with Gasteiger partial charge in [0.05, 0.1) is 24.2 Å². The van der Waals surface area contributed by atoms with E-state index in [1.807, 2.05) is 0 Å². The quantitative estimate of drug-likeness (QED) is 0.769. The molecule has 5 aliphatic rings. The summed E-state index contributed by atoms with van der Waals surface area (Å²) in [5.41, 5.74) is -0.130. The predicted octanol–water partition coefficient (Wildman–Crippen LogP) is 3.91. The Morgan fingerprint density at radius 2 is 1.53 bits per heavy atom. The van der Waals surface area contributed by atoms with E-state index in [4.69, 9.17) is 4.74 Å². The molecule has 0 aromatic carbocycles. The second-order valence-corrected chi connectivity index (χ2v) is 7.81. The van der Waals surface area contributed by atoms with Crippen LogP contribution in [0.25, 0.3) is 0 Å². The van der Waals surface area contributed by atoms with Crippen LogP contribution in [-0.4, -0.2) is 12.7 Å². The minimum Gasteiger partial charge on any atom is -0.376 e. The van der Waals surface area contributed by atoms with E-state index in [9.17, 15) is 5.26 Å². The van der Waals surface area contributed by atoms with Gasteiger partial charge in [0, 0.05) is 0 Å². The summed E-state index contributed by atoms with van der Waals surface area (Å²) in [6.45, 7) is 0.719. The maximum Gasteiger partial charge on any atom is 0.0807 e. The molecular weight excluding hydrogens is 234 g/mol. The first-order chi connectivity index (χ1) is 9.28. The predicted molar refractivity (Wildman–Crippen MR) is 73.3 cm³/mol. The van der Waals surface area contributed by atoms with Crippen LogP contribution in [0.15, 0.2) is 0 Å². The summed E-state index contributed by atoms with van der Waals surface area (Å²) in [6.07, 6.45) is 12.2. The van der Waals surface area contributed by atoms with Gasteiger partial charge in [-0.2, -0.15) is 5.26 Å². The molecule has 5 fully saturated rings. The normalized spacial score (nSPS) is 46.4. The zero-order valence-corrected chi connectivity index (χ0v) is 11.8. The summed E-state index contributed by atoms with van der Waals surface area (Å²) >= 11 is 0. The van der Waals surface area contributed by atoms with Crippen molar-refractivity contribution in [1.82, 2.24) is 0 Å². The summed E-state index contributed by atoms with van der Waals surface area (Å²) in [5.74, 6) is 3.68. The number of nitrogens with zero attached hydrogens (tertiary/aromatic N) is 1. The smallest absolute Gasteiger partial charge is 0.0807 e. The lowest BCUT2D eigenvalue weighted by molar-refractivity contribution is -0.137. The van der Waals surface area contributed by atoms with Crippen LogP contribution in [0.5, 0.6) is 0 Å². The van der Waals surface area contributed by atoms with Gasteiger partial charge in [-0.1, -0.05) is 12.8 Å². The summed E-state index contributed by atoms with van der Waals surface area (Å²) < 4.78 is 6.37. The summed E-state index contributed by atoms with van der Waals surface area (Å²) in [4.78, 5) is 0. The van der Waals surface area contributed by atoms with Crippen LogP contribution in [0.3, 0.4) is 0 Å². The third kappa shape index (κ3) is 2.02. The van der Waals surface area contributed by atoms with Crippen LogP contribution in [0.4, 0.5) is 0 Å². The van der Waals surface area contributed by atoms with Crippen LogP contribution in [0, 0.1) is 40.4 Å². The van der Waals surface area contributed by atoms with Crippen molar-refractivity contribution in [2.45, 2.75) is 63.9 Å². The largest absolute Gasteiger partial charge is 0.376 e. The van der Waals surface area contributed by atoms with Crippen LogP contribution in [0.2, 0.25) is 0 Å². The van der Waals surface area contributed by atoms with Crippen molar-refractivity contribution in [3.8, 4) is 6.07 Å². The first-order valence-corrected chi connectivity index (χ1v) is 8.31. The zero-order valence-electron chi connectivity index (χ0n) is 11.8. The molecule has 0 aromatic rings. The van der Waals surface area contributed by atoms with Crippen molar-refractivity contribution in [3.63, 3.8) is 0 Å². The van der Waals surface area contributed by atoms with Crippen molar-refractivity contribution < 1.29 is 4.74 Å². The van der Waals surface area contributed by atoms with E-state index in [1.165, 1.54) is 44.9 Å². The summed E-state index contributed by atoms with van der Waals surface area (Å²) in [6, 6.07) is 2.58. The Hall–Kier alpha value is -0.550. The molecule has 0 heterocycles. The highest BCUT2D eigenvalue weighted by Gasteiger charge is 2.49. The molecule has 0 radical (unpaired) electrons. The van der Waals surface area contributed by atoms with Gasteiger partial charge in [0.15, 0.2) is 0 Å². The lowest BCUT2D eigenvalue weighted by Gasteiger charge is -2.54. The zero-order chi connectivity index (χ0) is 12.9. The van der Waals surface area contributed by atoms with E-state index < -0.39 is 0 Å². The van der Waals surface area contributed by atoms with E-state index in [0.29, 0.717) is 6.10 Å². The summed E-state index contributed by atoms with van der Waals surface area (Å²) in [5, 5.41) is 9.47. The van der Waals surface area contributed by atoms with Gasteiger partial charge in [0.1, 0.15) is 0 Å². The molecule has 2 heteroatoms. The molecule has 0 saturated heterocycles. The maximum atomic E-state index is 9.47. The first-order valence-electron chi connectivity index (χ1n) is 8.31. The molecule has 0 unspecified atom stereocenters. The number of hydrogen-bond acceptors (Lipinski definition) is 2. The average Bonchev–Trinajstić information content (AvgIpc) is 2.86. The summed E-state index contributed by atoms with van der Waals surface area (Å²) in [7, 11) is 0. The minimum absolute atomic E-state index is 0.130. The molecule has 0 spiro atoms. The highest BCUT2D eigenvalue weighted by molar-refractivity contribution is 5.04. The second-order valence-electron chi connectivity index (χ2n) is 7.81. The van der Waals surface area contributed by atoms with Crippen LogP contribution in [0.1, 0.15) is 57.8 Å². The van der Waals surface area contributed by atoms with Gasteiger partial charge in [0.2, 0.25) is 0 Å². The van der Waals surface area contributed by atoms with Crippen molar-refractivity contribution in [2.75, 3.05) is 6.61 Å². The minimum atomic E-state index is -0.130. The molecule has 5 aliphatic carbocycles. The third-order valence-electron chi connectivity index (χ3n) is 6.49. The van der Waals surface area contributed by atoms with Gasteiger partial charge in [-0.15, -0.1) is 0 Å². The van der Waals surface area contributed by atoms with Crippen LogP contribution in [-0.2, 0) is 4.74 Å². The molecule has 4 bridgehead atoms. The Kier molecular flexibility index (Phi) is 2.88. The molecule has 0 aromatic heterocycles. The molecular formula is C17H25NO. The number of ether oxygens (including phenoxy) is 1. The molecule has 0 N–H and O–H groups in total. The van der Waals surface area contributed by atoms with Gasteiger partial charge in [-0.25, -0.2) is 0 Å². The first kappa shape index (κ1) is 12.2. The van der Waals surface area contributed by atoms with E-state index in [-0.39, 0.29) is 5.41 Å². The Morgan fingerprint density at radius 3 is 2.05 bits per heavy atom. The van der Waals surface area contributed by atoms with E-state index in [1.54, 1.807) is 0 Å². The van der Waals surface area contributed by atoms with E-state index in [2.05, 4.69) is 6.07 Å². The highest BCUT2D eigenvalue weighted by atomic mass is 16.5. The highest BCUT2D eigenvalue weighted by Crippen LogP contribution is 2.55. The fourth-order valence-electron chi connectivity index (χ4n) is 5.74. The van der Waals surface area contributed by atoms with Crippen molar-refractivity contribution >= 4 is 0 Å². The van der Waals surface area contributed by atoms with Crippen molar-refractivity contribution in [3.05, 3.63) is 0 Å². The lowest BCUT2D eigenvalue weighted by Crippen LogP contribution is -2.50. The third-order valence-corrected chi connectivity index (χ3v) is 6.49. The average molecular weight is 259 g/mol. The molecule has 2 nitrogen and oxygen atoms in total. The van der Waals surface area contributed by atoms with Gasteiger partial charge < -0.3 is 4.74 Å². The Balaban J connectivity index is 1.42. The van der Waals surface area contributed by atoms with Gasteiger partial charge in [0.25, 0.3) is 0 Å². The van der Waals surface area contributed by atoms with Crippen molar-refractivity contribution in [2.24, 2.45) is 29.1 Å². The fourth-order valence-corrected chi connectivity index (χ4v) is 5.74. The lowest BCUT2D eigenvalue weighted by atomic mass is 9.55. The standard InChI is InChI=1S/C17H25NO/c18-10-17(3-1-2-4-17)11-19-16-14-6-12-5-13(8-14)9-15(16)7-12/h12-16H,1-9,11H2. The van der Waals surface area contributed by atoms with Gasteiger partial charge >= 0.3 is 0 Å². The second kappa shape index (κ2) is 4.48. The number of rotatable bonds is 3. The van der Waals surface area contributed by atoms with Crippen LogP contribution >= 0.6 is 0 Å². The Morgan fingerprint density at radius 1 is 0.947 bits per heavy atom. The topological polar surface area (TPSA) is 33.0 Å². The van der Waals surface area contributed by atoms with E-state index in [0.717, 1.165) is 43.1 Å². The fraction of sp³-hybridized carbons (Fsp3) is 0.941. The number of nitriles is 1. The maximum absolute atomic E-state index is 9.47. The Bertz CT molecular complexity index is 363. The number of hydrogen-bond donors (Lipinski definition) is 0. The Labute approximate surface area is 116 Å². The molecule has 5 saturated carbocycles. The van der Waals surface area contributed by atoms with E-state index >= 15 is 0 Å². The SMILES string of the molecule is N#CC1(COC2C3CC4CC(C3)CC2C4)CCCC1. The molecule has 5 rings (SSSR count). The molecule has 0 amide bonds. The van der Waals surface area contributed by atoms with Gasteiger partial charge in [-0.05, 0) is 68.6 Å². The van der Waals surface area contributed by atoms with Gasteiger partial charge in [-0.3, -0.25) is 0 Å². The molecule has 0 aliphatic heterocycles. The van der Waals surface area contributed by atoms with Crippen molar-refractivity contribution in [1.29, 1.82) is 5.26 Å². The monoisotopic (exact) mass is 259 g/mol. The molecule has 19 heavy (non-hydrogen) atoms. The van der Waals surface area contributed by atoms with Crippen LogP contribution < -0.4 is 0 Å².